The molecule has 3 nitrogen and oxygen atoms in total. The molecule has 0 fully saturated rings. The normalized spacial score (nSPS) is 12.0. The number of nitriles is 1. The summed E-state index contributed by atoms with van der Waals surface area (Å²) in [6, 6.07) is 9.19. The van der Waals surface area contributed by atoms with E-state index in [0.29, 0.717) is 13.5 Å². The Morgan fingerprint density at radius 3 is 2.09 bits per heavy atom. The van der Waals surface area contributed by atoms with Crippen molar-refractivity contribution in [3.8, 4) is 6.07 Å². The van der Waals surface area contributed by atoms with Crippen LogP contribution in [0, 0.1) is 11.3 Å². The van der Waals surface area contributed by atoms with E-state index in [2.05, 4.69) is 25.7 Å². The van der Waals surface area contributed by atoms with Crippen molar-refractivity contribution in [2.75, 3.05) is 0 Å². The van der Waals surface area contributed by atoms with E-state index < -0.39 is 14.4 Å². The Bertz CT molecular complexity index is 658. The lowest BCUT2D eigenvalue weighted by molar-refractivity contribution is 0.112. The van der Waals surface area contributed by atoms with Crippen LogP contribution in [0.15, 0.2) is 24.3 Å². The van der Waals surface area contributed by atoms with Crippen LogP contribution in [-0.4, -0.2) is 14.6 Å². The first-order valence-corrected chi connectivity index (χ1v) is 12.1. The first kappa shape index (κ1) is 19.4. The molecule has 0 aliphatic heterocycles. The summed E-state index contributed by atoms with van der Waals surface area (Å²) in [5.41, 5.74) is 0. The van der Waals surface area contributed by atoms with E-state index in [-0.39, 0.29) is 0 Å². The predicted molar refractivity (Wildman–Crippen MR) is 96.8 cm³/mol. The van der Waals surface area contributed by atoms with Crippen LogP contribution in [0.2, 0.25) is 28.3 Å². The summed E-state index contributed by atoms with van der Waals surface area (Å²) < 4.78 is 7.07. The summed E-state index contributed by atoms with van der Waals surface area (Å²) in [6.07, 6.45) is 0.329. The summed E-state index contributed by atoms with van der Waals surface area (Å²) in [6.45, 7) is 6.19. The third-order valence-corrected chi connectivity index (χ3v) is 5.52. The Kier molecular flexibility index (Phi) is 7.76. The van der Waals surface area contributed by atoms with Gasteiger partial charge in [-0.25, -0.2) is 0 Å². The molecule has 0 saturated heterocycles. The van der Waals surface area contributed by atoms with Crippen molar-refractivity contribution in [1.29, 1.82) is 5.26 Å². The number of carbonyl (C=O) groups excluding carboxylic acids is 1. The number of hydrogen-bond acceptors (Lipinski definition) is 5. The van der Waals surface area contributed by atoms with Crippen LogP contribution in [0.4, 0.5) is 0 Å². The summed E-state index contributed by atoms with van der Waals surface area (Å²) in [5.74, 6) is 0. The molecule has 2 aromatic rings. The van der Waals surface area contributed by atoms with Gasteiger partial charge in [-0.3, -0.25) is 4.79 Å². The molecule has 22 heavy (non-hydrogen) atoms. The SMILES string of the molecule is C[Si](C)(C)OC(C#N)c1ccc(Cl)s1.O=Cc1ccc(Cl)s1. The van der Waals surface area contributed by atoms with E-state index in [1.165, 1.54) is 22.7 Å². The Morgan fingerprint density at radius 2 is 1.77 bits per heavy atom. The largest absolute Gasteiger partial charge is 0.398 e. The predicted octanol–water partition coefficient (Wildman–Crippen LogP) is 6.03. The van der Waals surface area contributed by atoms with Gasteiger partial charge in [-0.1, -0.05) is 23.2 Å². The van der Waals surface area contributed by atoms with Gasteiger partial charge in [-0.2, -0.15) is 5.26 Å². The Labute approximate surface area is 149 Å². The van der Waals surface area contributed by atoms with E-state index in [0.717, 1.165) is 11.2 Å². The van der Waals surface area contributed by atoms with Gasteiger partial charge in [0.2, 0.25) is 0 Å². The van der Waals surface area contributed by atoms with E-state index in [1.54, 1.807) is 18.2 Å². The summed E-state index contributed by atoms with van der Waals surface area (Å²) in [4.78, 5) is 11.5. The molecule has 0 N–H and O–H groups in total. The monoisotopic (exact) mass is 391 g/mol. The third kappa shape index (κ3) is 7.05. The van der Waals surface area contributed by atoms with Crippen molar-refractivity contribution in [3.63, 3.8) is 0 Å². The lowest BCUT2D eigenvalue weighted by atomic mass is 10.3. The maximum Gasteiger partial charge on any atom is 0.186 e. The average molecular weight is 392 g/mol. The minimum absolute atomic E-state index is 0.459. The quantitative estimate of drug-likeness (QED) is 0.471. The van der Waals surface area contributed by atoms with E-state index >= 15 is 0 Å². The van der Waals surface area contributed by atoms with E-state index in [9.17, 15) is 4.79 Å². The zero-order valence-corrected chi connectivity index (χ0v) is 16.4. The molecule has 1 unspecified atom stereocenters. The standard InChI is InChI=1S/C9H12ClNOSSi.C5H3ClOS/c1-14(2,3)12-7(6-11)8-4-5-9(10)13-8;6-5-2-1-4(3-7)8-5/h4-5,7H,1-3H3;1-3H. The van der Waals surface area contributed by atoms with E-state index in [4.69, 9.17) is 32.9 Å². The zero-order valence-electron chi connectivity index (χ0n) is 12.3. The van der Waals surface area contributed by atoms with Crippen molar-refractivity contribution in [2.24, 2.45) is 0 Å². The van der Waals surface area contributed by atoms with Crippen molar-refractivity contribution < 1.29 is 9.22 Å². The first-order valence-electron chi connectivity index (χ1n) is 6.28. The molecule has 0 spiro atoms. The lowest BCUT2D eigenvalue weighted by Gasteiger charge is -2.20. The molecular formula is C14H15Cl2NO2S2Si. The van der Waals surface area contributed by atoms with Gasteiger partial charge < -0.3 is 4.43 Å². The van der Waals surface area contributed by atoms with Crippen molar-refractivity contribution in [2.45, 2.75) is 25.7 Å². The van der Waals surface area contributed by atoms with Crippen LogP contribution in [0.1, 0.15) is 20.7 Å². The molecule has 2 aromatic heterocycles. The van der Waals surface area contributed by atoms with Gasteiger partial charge in [0.25, 0.3) is 0 Å². The second-order valence-corrected chi connectivity index (χ2v) is 13.1. The molecule has 8 heteroatoms. The van der Waals surface area contributed by atoms with Gasteiger partial charge in [0.15, 0.2) is 20.7 Å². The third-order valence-electron chi connectivity index (χ3n) is 2.15. The number of hydrogen-bond donors (Lipinski definition) is 0. The molecule has 1 atom stereocenters. The number of aldehydes is 1. The topological polar surface area (TPSA) is 50.1 Å². The van der Waals surface area contributed by atoms with Gasteiger partial charge >= 0.3 is 0 Å². The highest BCUT2D eigenvalue weighted by atomic mass is 35.5. The number of halogens is 2. The van der Waals surface area contributed by atoms with Gasteiger partial charge in [0.1, 0.15) is 0 Å². The van der Waals surface area contributed by atoms with Crippen molar-refractivity contribution in [1.82, 2.24) is 0 Å². The summed E-state index contributed by atoms with van der Waals surface area (Å²) in [7, 11) is -1.67. The van der Waals surface area contributed by atoms with Gasteiger partial charge in [0.05, 0.1) is 19.6 Å². The highest BCUT2D eigenvalue weighted by molar-refractivity contribution is 7.17. The molecule has 2 heterocycles. The van der Waals surface area contributed by atoms with Crippen LogP contribution in [0.25, 0.3) is 0 Å². The van der Waals surface area contributed by atoms with Gasteiger partial charge in [-0.15, -0.1) is 22.7 Å². The first-order chi connectivity index (χ1) is 10.2. The molecule has 0 aromatic carbocycles. The second-order valence-electron chi connectivity index (χ2n) is 5.14. The molecule has 0 aliphatic rings. The summed E-state index contributed by atoms with van der Waals surface area (Å²) in [5, 5.41) is 8.96. The van der Waals surface area contributed by atoms with Gasteiger partial charge in [0, 0.05) is 4.88 Å². The van der Waals surface area contributed by atoms with Gasteiger partial charge in [-0.05, 0) is 43.9 Å². The number of thiophene rings is 2. The zero-order chi connectivity index (χ0) is 16.8. The molecule has 0 amide bonds. The average Bonchev–Trinajstić information content (AvgIpc) is 3.04. The fraction of sp³-hybridized carbons (Fsp3) is 0.286. The fourth-order valence-electron chi connectivity index (χ4n) is 1.36. The van der Waals surface area contributed by atoms with Crippen LogP contribution >= 0.6 is 45.9 Å². The fourth-order valence-corrected chi connectivity index (χ4v) is 4.25. The van der Waals surface area contributed by atoms with Crippen LogP contribution < -0.4 is 0 Å². The highest BCUT2D eigenvalue weighted by Gasteiger charge is 2.23. The molecule has 0 aliphatic carbocycles. The molecule has 0 radical (unpaired) electrons. The summed E-state index contributed by atoms with van der Waals surface area (Å²) >= 11 is 14.0. The highest BCUT2D eigenvalue weighted by Crippen LogP contribution is 2.30. The van der Waals surface area contributed by atoms with Crippen LogP contribution in [0.5, 0.6) is 0 Å². The minimum atomic E-state index is -1.67. The Balaban J connectivity index is 0.000000255. The van der Waals surface area contributed by atoms with Crippen molar-refractivity contribution in [3.05, 3.63) is 42.7 Å². The number of nitrogens with zero attached hydrogens (tertiary/aromatic N) is 1. The molecule has 0 bridgehead atoms. The maximum atomic E-state index is 9.97. The van der Waals surface area contributed by atoms with Crippen molar-refractivity contribution >= 4 is 60.5 Å². The maximum absolute atomic E-state index is 9.97. The molecule has 118 valence electrons. The Morgan fingerprint density at radius 1 is 1.18 bits per heavy atom. The van der Waals surface area contributed by atoms with Crippen LogP contribution in [0.3, 0.4) is 0 Å². The molecule has 0 saturated carbocycles. The lowest BCUT2D eigenvalue weighted by Crippen LogP contribution is -2.27. The smallest absolute Gasteiger partial charge is 0.186 e. The second kappa shape index (κ2) is 8.82. The van der Waals surface area contributed by atoms with Crippen LogP contribution in [-0.2, 0) is 4.43 Å². The number of rotatable bonds is 4. The Hall–Kier alpha value is -0.683. The molecule has 2 rings (SSSR count). The van der Waals surface area contributed by atoms with E-state index in [1.807, 2.05) is 6.07 Å². The molecular weight excluding hydrogens is 377 g/mol. The number of carbonyl (C=O) groups is 1. The minimum Gasteiger partial charge on any atom is -0.398 e.